The lowest BCUT2D eigenvalue weighted by Gasteiger charge is -2.19. The monoisotopic (exact) mass is 233 g/mol. The van der Waals surface area contributed by atoms with E-state index in [9.17, 15) is 4.79 Å². The molecule has 1 amide bonds. The Morgan fingerprint density at radius 1 is 1.47 bits per heavy atom. The van der Waals surface area contributed by atoms with Crippen molar-refractivity contribution in [1.29, 1.82) is 0 Å². The Morgan fingerprint density at radius 2 is 2.12 bits per heavy atom. The molecule has 2 atom stereocenters. The summed E-state index contributed by atoms with van der Waals surface area (Å²) in [5.41, 5.74) is 1.11. The molecule has 0 saturated heterocycles. The fourth-order valence-electron chi connectivity index (χ4n) is 1.52. The highest BCUT2D eigenvalue weighted by molar-refractivity contribution is 5.81. The van der Waals surface area contributed by atoms with Crippen molar-refractivity contribution in [1.82, 2.24) is 15.6 Å². The minimum absolute atomic E-state index is 0.0224. The van der Waals surface area contributed by atoms with Crippen molar-refractivity contribution in [2.45, 2.75) is 25.9 Å². The van der Waals surface area contributed by atoms with E-state index in [1.54, 1.807) is 18.5 Å². The average molecular weight is 233 g/mol. The molecule has 0 aliphatic rings. The maximum atomic E-state index is 11.6. The quantitative estimate of drug-likeness (QED) is 0.731. The minimum Gasteiger partial charge on any atom is -0.351 e. The highest BCUT2D eigenvalue weighted by Crippen LogP contribution is 2.10. The number of pyridine rings is 1. The van der Waals surface area contributed by atoms with Crippen LogP contribution in [0.1, 0.15) is 25.5 Å². The maximum absolute atomic E-state index is 11.6. The van der Waals surface area contributed by atoms with Crippen LogP contribution >= 0.6 is 0 Å². The van der Waals surface area contributed by atoms with Crippen molar-refractivity contribution < 1.29 is 4.79 Å². The van der Waals surface area contributed by atoms with Crippen LogP contribution in [0.5, 0.6) is 0 Å². The number of nitrogens with zero attached hydrogens (tertiary/aromatic N) is 1. The molecule has 1 aromatic rings. The molecule has 0 aromatic carbocycles. The zero-order valence-electron chi connectivity index (χ0n) is 10.3. The van der Waals surface area contributed by atoms with Crippen molar-refractivity contribution in [2.24, 2.45) is 0 Å². The van der Waals surface area contributed by atoms with Crippen LogP contribution in [0.25, 0.3) is 0 Å². The van der Waals surface area contributed by atoms with E-state index in [0.717, 1.165) is 5.56 Å². The summed E-state index contributed by atoms with van der Waals surface area (Å²) in [5, 5.41) is 5.99. The lowest BCUT2D eigenvalue weighted by Crippen LogP contribution is -2.43. The molecule has 92 valence electrons. The minimum atomic E-state index is -0.238. The van der Waals surface area contributed by atoms with Gasteiger partial charge in [-0.15, -0.1) is 6.58 Å². The van der Waals surface area contributed by atoms with E-state index >= 15 is 0 Å². The number of nitrogens with one attached hydrogen (secondary N) is 2. The molecule has 1 heterocycles. The summed E-state index contributed by atoms with van der Waals surface area (Å²) < 4.78 is 0. The molecule has 0 aliphatic carbocycles. The number of aromatic nitrogens is 1. The highest BCUT2D eigenvalue weighted by atomic mass is 16.2. The van der Waals surface area contributed by atoms with Crippen molar-refractivity contribution in [3.8, 4) is 0 Å². The van der Waals surface area contributed by atoms with E-state index in [4.69, 9.17) is 0 Å². The predicted molar refractivity (Wildman–Crippen MR) is 68.5 cm³/mol. The first-order valence-corrected chi connectivity index (χ1v) is 5.69. The molecule has 0 fully saturated rings. The maximum Gasteiger partial charge on any atom is 0.237 e. The highest BCUT2D eigenvalue weighted by Gasteiger charge is 2.15. The van der Waals surface area contributed by atoms with Gasteiger partial charge in [0.15, 0.2) is 0 Å². The lowest BCUT2D eigenvalue weighted by atomic mass is 10.1. The summed E-state index contributed by atoms with van der Waals surface area (Å²) in [7, 11) is 0. The first kappa shape index (κ1) is 13.4. The molecule has 0 radical (unpaired) electrons. The van der Waals surface area contributed by atoms with E-state index in [0.29, 0.717) is 6.54 Å². The summed E-state index contributed by atoms with van der Waals surface area (Å²) in [5.74, 6) is -0.0224. The number of amides is 1. The van der Waals surface area contributed by atoms with Gasteiger partial charge in [0, 0.05) is 25.0 Å². The summed E-state index contributed by atoms with van der Waals surface area (Å²) in [4.78, 5) is 15.6. The van der Waals surface area contributed by atoms with E-state index in [1.165, 1.54) is 0 Å². The molecule has 2 N–H and O–H groups in total. The fraction of sp³-hybridized carbons (Fsp3) is 0.385. The van der Waals surface area contributed by atoms with Crippen molar-refractivity contribution in [3.05, 3.63) is 42.7 Å². The summed E-state index contributed by atoms with van der Waals surface area (Å²) in [6, 6.07) is 3.75. The molecule has 1 aromatic heterocycles. The van der Waals surface area contributed by atoms with Gasteiger partial charge in [-0.05, 0) is 31.5 Å². The molecule has 0 aliphatic heterocycles. The first-order valence-electron chi connectivity index (χ1n) is 5.69. The largest absolute Gasteiger partial charge is 0.351 e. The second kappa shape index (κ2) is 6.81. The average Bonchev–Trinajstić information content (AvgIpc) is 2.36. The van der Waals surface area contributed by atoms with Crippen molar-refractivity contribution in [3.63, 3.8) is 0 Å². The van der Waals surface area contributed by atoms with E-state index < -0.39 is 0 Å². The van der Waals surface area contributed by atoms with Crippen LogP contribution in [0.4, 0.5) is 0 Å². The van der Waals surface area contributed by atoms with Gasteiger partial charge in [-0.3, -0.25) is 15.1 Å². The molecule has 1 rings (SSSR count). The third-order valence-electron chi connectivity index (χ3n) is 2.52. The lowest BCUT2D eigenvalue weighted by molar-refractivity contribution is -0.122. The number of carbonyl (C=O) groups excluding carboxylic acids is 1. The predicted octanol–water partition coefficient (Wildman–Crippen LogP) is 1.42. The molecule has 0 spiro atoms. The van der Waals surface area contributed by atoms with Gasteiger partial charge in [-0.1, -0.05) is 6.08 Å². The molecule has 0 bridgehead atoms. The van der Waals surface area contributed by atoms with Gasteiger partial charge in [0.1, 0.15) is 0 Å². The Morgan fingerprint density at radius 3 is 2.71 bits per heavy atom. The Bertz CT molecular complexity index is 364. The third kappa shape index (κ3) is 4.36. The Kier molecular flexibility index (Phi) is 5.36. The van der Waals surface area contributed by atoms with Gasteiger partial charge in [0.05, 0.1) is 6.04 Å². The second-order valence-corrected chi connectivity index (χ2v) is 3.92. The van der Waals surface area contributed by atoms with Crippen LogP contribution in [0.3, 0.4) is 0 Å². The van der Waals surface area contributed by atoms with Crippen LogP contribution in [0, 0.1) is 0 Å². The number of hydrogen-bond acceptors (Lipinski definition) is 3. The van der Waals surface area contributed by atoms with Crippen molar-refractivity contribution >= 4 is 5.91 Å². The molecular weight excluding hydrogens is 214 g/mol. The summed E-state index contributed by atoms with van der Waals surface area (Å²) in [6.45, 7) is 7.92. The fourth-order valence-corrected chi connectivity index (χ4v) is 1.52. The van der Waals surface area contributed by atoms with Gasteiger partial charge in [-0.2, -0.15) is 0 Å². The summed E-state index contributed by atoms with van der Waals surface area (Å²) in [6.07, 6.45) is 5.16. The van der Waals surface area contributed by atoms with E-state index in [-0.39, 0.29) is 18.0 Å². The molecule has 1 unspecified atom stereocenters. The van der Waals surface area contributed by atoms with Gasteiger partial charge >= 0.3 is 0 Å². The van der Waals surface area contributed by atoms with E-state index in [1.807, 2.05) is 26.0 Å². The van der Waals surface area contributed by atoms with Crippen LogP contribution in [-0.2, 0) is 4.79 Å². The van der Waals surface area contributed by atoms with Gasteiger partial charge in [0.25, 0.3) is 0 Å². The van der Waals surface area contributed by atoms with Crippen LogP contribution < -0.4 is 10.6 Å². The molecule has 4 heteroatoms. The van der Waals surface area contributed by atoms with Gasteiger partial charge < -0.3 is 5.32 Å². The zero-order valence-corrected chi connectivity index (χ0v) is 10.3. The number of rotatable bonds is 6. The standard InChI is InChI=1S/C13H19N3O/c1-4-7-15-13(17)11(3)16-10(2)12-5-8-14-9-6-12/h4-6,8-11,16H,1,7H2,2-3H3,(H,15,17)/t10-,11?/m1/s1. The smallest absolute Gasteiger partial charge is 0.237 e. The number of carbonyl (C=O) groups is 1. The normalized spacial score (nSPS) is 13.8. The Balaban J connectivity index is 2.48. The van der Waals surface area contributed by atoms with Crippen LogP contribution in [0.15, 0.2) is 37.2 Å². The van der Waals surface area contributed by atoms with Gasteiger partial charge in [-0.25, -0.2) is 0 Å². The number of hydrogen-bond donors (Lipinski definition) is 2. The molecule has 17 heavy (non-hydrogen) atoms. The molecule has 0 saturated carbocycles. The SMILES string of the molecule is C=CCNC(=O)C(C)N[C@H](C)c1ccncc1. The van der Waals surface area contributed by atoms with Crippen LogP contribution in [-0.4, -0.2) is 23.5 Å². The summed E-state index contributed by atoms with van der Waals surface area (Å²) >= 11 is 0. The zero-order chi connectivity index (χ0) is 12.7. The first-order chi connectivity index (χ1) is 8.15. The topological polar surface area (TPSA) is 54.0 Å². The molecule has 4 nitrogen and oxygen atoms in total. The van der Waals surface area contributed by atoms with Crippen molar-refractivity contribution in [2.75, 3.05) is 6.54 Å². The second-order valence-electron chi connectivity index (χ2n) is 3.92. The third-order valence-corrected chi connectivity index (χ3v) is 2.52. The Labute approximate surface area is 102 Å². The van der Waals surface area contributed by atoms with Gasteiger partial charge in [0.2, 0.25) is 5.91 Å². The van der Waals surface area contributed by atoms with Crippen LogP contribution in [0.2, 0.25) is 0 Å². The molecular formula is C13H19N3O. The Hall–Kier alpha value is -1.68. The van der Waals surface area contributed by atoms with E-state index in [2.05, 4.69) is 22.2 Å².